The van der Waals surface area contributed by atoms with E-state index in [1.165, 1.54) is 12.8 Å². The Hall–Kier alpha value is -1.24. The second-order valence-corrected chi connectivity index (χ2v) is 8.42. The quantitative estimate of drug-likeness (QED) is 0.752. The second kappa shape index (κ2) is 10.3. The zero-order valence-electron chi connectivity index (χ0n) is 16.4. The van der Waals surface area contributed by atoms with Gasteiger partial charge in [0, 0.05) is 37.9 Å². The van der Waals surface area contributed by atoms with E-state index < -0.39 is 0 Å². The topological polar surface area (TPSA) is 61.4 Å². The van der Waals surface area contributed by atoms with Gasteiger partial charge in [0.15, 0.2) is 0 Å². The fourth-order valence-corrected chi connectivity index (χ4v) is 4.26. The standard InChI is InChI=1S/C20H32ClN5O/c1-25-9-2-10-26(12-11-25)20(27)17-5-3-16(4-6-17)7-8-22-15-19-23-13-18(21)14-24-19/h13-14,16-17,22H,2-12,15H2,1H3. The van der Waals surface area contributed by atoms with Gasteiger partial charge in [0.05, 0.1) is 11.6 Å². The van der Waals surface area contributed by atoms with Crippen molar-refractivity contribution in [3.05, 3.63) is 23.2 Å². The highest BCUT2D eigenvalue weighted by Gasteiger charge is 2.29. The predicted octanol–water partition coefficient (Wildman–Crippen LogP) is 2.58. The normalized spacial score (nSPS) is 24.6. The first-order valence-corrected chi connectivity index (χ1v) is 10.6. The number of nitrogens with one attached hydrogen (secondary N) is 1. The van der Waals surface area contributed by atoms with Gasteiger partial charge in [-0.3, -0.25) is 4.79 Å². The van der Waals surface area contributed by atoms with Crippen molar-refractivity contribution >= 4 is 17.5 Å². The molecule has 27 heavy (non-hydrogen) atoms. The summed E-state index contributed by atoms with van der Waals surface area (Å²) in [6.07, 6.45) is 9.96. The van der Waals surface area contributed by atoms with Crippen LogP contribution in [0.2, 0.25) is 5.02 Å². The average molecular weight is 394 g/mol. The van der Waals surface area contributed by atoms with Crippen LogP contribution in [0.3, 0.4) is 0 Å². The van der Waals surface area contributed by atoms with Crippen molar-refractivity contribution in [1.82, 2.24) is 25.1 Å². The van der Waals surface area contributed by atoms with E-state index in [1.54, 1.807) is 12.4 Å². The second-order valence-electron chi connectivity index (χ2n) is 7.98. The van der Waals surface area contributed by atoms with Gasteiger partial charge in [0.2, 0.25) is 5.91 Å². The number of hydrogen-bond donors (Lipinski definition) is 1. The molecule has 0 bridgehead atoms. The van der Waals surface area contributed by atoms with Crippen molar-refractivity contribution in [1.29, 1.82) is 0 Å². The van der Waals surface area contributed by atoms with Crippen LogP contribution >= 0.6 is 11.6 Å². The molecule has 1 saturated carbocycles. The highest BCUT2D eigenvalue weighted by molar-refractivity contribution is 6.30. The van der Waals surface area contributed by atoms with E-state index in [0.717, 1.165) is 70.1 Å². The maximum Gasteiger partial charge on any atom is 0.225 e. The van der Waals surface area contributed by atoms with Gasteiger partial charge in [-0.15, -0.1) is 0 Å². The number of aromatic nitrogens is 2. The Morgan fingerprint density at radius 2 is 1.89 bits per heavy atom. The Bertz CT molecular complexity index is 589. The zero-order valence-corrected chi connectivity index (χ0v) is 17.1. The average Bonchev–Trinajstić information content (AvgIpc) is 2.91. The van der Waals surface area contributed by atoms with Crippen LogP contribution in [0.5, 0.6) is 0 Å². The van der Waals surface area contributed by atoms with E-state index in [2.05, 4.69) is 32.1 Å². The van der Waals surface area contributed by atoms with Gasteiger partial charge >= 0.3 is 0 Å². The van der Waals surface area contributed by atoms with Crippen molar-refractivity contribution in [2.75, 3.05) is 39.8 Å². The van der Waals surface area contributed by atoms with E-state index in [0.29, 0.717) is 17.5 Å². The molecule has 0 unspecified atom stereocenters. The summed E-state index contributed by atoms with van der Waals surface area (Å²) in [5, 5.41) is 3.98. The number of carbonyl (C=O) groups is 1. The van der Waals surface area contributed by atoms with Crippen LogP contribution in [0.15, 0.2) is 12.4 Å². The van der Waals surface area contributed by atoms with Crippen LogP contribution in [0, 0.1) is 11.8 Å². The molecule has 3 rings (SSSR count). The van der Waals surface area contributed by atoms with Crippen LogP contribution in [0.25, 0.3) is 0 Å². The summed E-state index contributed by atoms with van der Waals surface area (Å²) in [5.74, 6) is 2.15. The first-order valence-electron chi connectivity index (χ1n) is 10.3. The number of likely N-dealkylation sites (N-methyl/N-ethyl adjacent to an activating group) is 1. The monoisotopic (exact) mass is 393 g/mol. The highest BCUT2D eigenvalue weighted by atomic mass is 35.5. The molecule has 0 atom stereocenters. The first-order chi connectivity index (χ1) is 13.1. The molecule has 150 valence electrons. The predicted molar refractivity (Wildman–Crippen MR) is 108 cm³/mol. The van der Waals surface area contributed by atoms with Crippen molar-refractivity contribution in [3.8, 4) is 0 Å². The van der Waals surface area contributed by atoms with Crippen LogP contribution in [-0.2, 0) is 11.3 Å². The number of carbonyl (C=O) groups excluding carboxylic acids is 1. The summed E-state index contributed by atoms with van der Waals surface area (Å²) >= 11 is 5.80. The number of amides is 1. The number of hydrogen-bond acceptors (Lipinski definition) is 5. The van der Waals surface area contributed by atoms with Crippen LogP contribution in [0.4, 0.5) is 0 Å². The number of nitrogens with zero attached hydrogens (tertiary/aromatic N) is 4. The molecule has 0 spiro atoms. The summed E-state index contributed by atoms with van der Waals surface area (Å²) in [6, 6.07) is 0. The van der Waals surface area contributed by atoms with Gasteiger partial charge in [0.25, 0.3) is 0 Å². The summed E-state index contributed by atoms with van der Waals surface area (Å²) in [7, 11) is 2.15. The molecule has 1 aliphatic heterocycles. The Morgan fingerprint density at radius 3 is 2.63 bits per heavy atom. The molecular weight excluding hydrogens is 362 g/mol. The smallest absolute Gasteiger partial charge is 0.225 e. The maximum absolute atomic E-state index is 12.8. The lowest BCUT2D eigenvalue weighted by molar-refractivity contribution is -0.136. The third kappa shape index (κ3) is 6.40. The molecule has 0 aromatic carbocycles. The molecule has 2 heterocycles. The van der Waals surface area contributed by atoms with Gasteiger partial charge < -0.3 is 15.1 Å². The van der Waals surface area contributed by atoms with E-state index >= 15 is 0 Å². The summed E-state index contributed by atoms with van der Waals surface area (Å²) in [4.78, 5) is 25.7. The lowest BCUT2D eigenvalue weighted by atomic mass is 9.80. The fourth-order valence-electron chi connectivity index (χ4n) is 4.16. The molecule has 1 aromatic heterocycles. The van der Waals surface area contributed by atoms with E-state index in [4.69, 9.17) is 11.6 Å². The van der Waals surface area contributed by atoms with Crippen molar-refractivity contribution in [2.45, 2.75) is 45.1 Å². The summed E-state index contributed by atoms with van der Waals surface area (Å²) in [6.45, 7) is 5.57. The first kappa shape index (κ1) is 20.5. The molecule has 2 aliphatic rings. The number of rotatable bonds is 6. The van der Waals surface area contributed by atoms with E-state index in [-0.39, 0.29) is 5.92 Å². The third-order valence-electron chi connectivity index (χ3n) is 5.91. The van der Waals surface area contributed by atoms with Crippen molar-refractivity contribution in [2.24, 2.45) is 11.8 Å². The fraction of sp³-hybridized carbons (Fsp3) is 0.750. The molecule has 6 nitrogen and oxygen atoms in total. The van der Waals surface area contributed by atoms with Gasteiger partial charge in [0.1, 0.15) is 5.82 Å². The molecular formula is C20H32ClN5O. The molecule has 1 amide bonds. The summed E-state index contributed by atoms with van der Waals surface area (Å²) < 4.78 is 0. The van der Waals surface area contributed by atoms with Gasteiger partial charge in [-0.2, -0.15) is 0 Å². The molecule has 1 aromatic rings. The van der Waals surface area contributed by atoms with Gasteiger partial charge in [-0.05, 0) is 64.6 Å². The molecule has 1 aliphatic carbocycles. The third-order valence-corrected chi connectivity index (χ3v) is 6.11. The van der Waals surface area contributed by atoms with Crippen LogP contribution < -0.4 is 5.32 Å². The Morgan fingerprint density at radius 1 is 1.15 bits per heavy atom. The molecule has 0 radical (unpaired) electrons. The SMILES string of the molecule is CN1CCCN(C(=O)C2CCC(CCNCc3ncc(Cl)cn3)CC2)CC1. The minimum atomic E-state index is 0.250. The highest BCUT2D eigenvalue weighted by Crippen LogP contribution is 2.32. The van der Waals surface area contributed by atoms with Gasteiger partial charge in [-0.1, -0.05) is 11.6 Å². The van der Waals surface area contributed by atoms with E-state index in [9.17, 15) is 4.79 Å². The summed E-state index contributed by atoms with van der Waals surface area (Å²) in [5.41, 5.74) is 0. The minimum Gasteiger partial charge on any atom is -0.341 e. The minimum absolute atomic E-state index is 0.250. The largest absolute Gasteiger partial charge is 0.341 e. The van der Waals surface area contributed by atoms with Crippen molar-refractivity contribution in [3.63, 3.8) is 0 Å². The Labute approximate surface area is 167 Å². The zero-order chi connectivity index (χ0) is 19.1. The van der Waals surface area contributed by atoms with E-state index in [1.807, 2.05) is 0 Å². The van der Waals surface area contributed by atoms with Crippen LogP contribution in [0.1, 0.15) is 44.3 Å². The van der Waals surface area contributed by atoms with Crippen LogP contribution in [-0.4, -0.2) is 65.4 Å². The molecule has 7 heteroatoms. The van der Waals surface area contributed by atoms with Crippen molar-refractivity contribution < 1.29 is 4.79 Å². The molecule has 1 saturated heterocycles. The maximum atomic E-state index is 12.8. The molecule has 1 N–H and O–H groups in total. The lowest BCUT2D eigenvalue weighted by Gasteiger charge is -2.31. The number of halogens is 1. The Kier molecular flexibility index (Phi) is 7.85. The lowest BCUT2D eigenvalue weighted by Crippen LogP contribution is -2.40. The van der Waals surface area contributed by atoms with Gasteiger partial charge in [-0.25, -0.2) is 9.97 Å². The molecule has 2 fully saturated rings. The Balaban J connectivity index is 1.32.